The van der Waals surface area contributed by atoms with Crippen LogP contribution in [0.15, 0.2) is 0 Å². The third-order valence-corrected chi connectivity index (χ3v) is 9.22. The second-order valence-electron chi connectivity index (χ2n) is 10.6. The van der Waals surface area contributed by atoms with Crippen LogP contribution in [0.25, 0.3) is 0 Å². The Bertz CT molecular complexity index is 797. The summed E-state index contributed by atoms with van der Waals surface area (Å²) in [4.78, 5) is 14.4. The molecule has 1 aromatic heterocycles. The lowest BCUT2D eigenvalue weighted by Crippen LogP contribution is -2.56. The number of carbonyl (C=O) groups is 1. The number of amides is 1. The summed E-state index contributed by atoms with van der Waals surface area (Å²) in [6.07, 6.45) is 14.6. The van der Waals surface area contributed by atoms with Crippen LogP contribution in [0.3, 0.4) is 0 Å². The molecule has 2 heterocycles. The van der Waals surface area contributed by atoms with Gasteiger partial charge in [0.1, 0.15) is 6.04 Å². The molecule has 2 N–H and O–H groups in total. The lowest BCUT2D eigenvalue weighted by molar-refractivity contribution is -0.130. The first-order valence-corrected chi connectivity index (χ1v) is 12.9. The number of nitrogens with one attached hydrogen (secondary N) is 2. The largest absolute Gasteiger partial charge is 0.326 e. The van der Waals surface area contributed by atoms with Crippen molar-refractivity contribution in [1.29, 1.82) is 5.26 Å². The van der Waals surface area contributed by atoms with Crippen LogP contribution < -0.4 is 5.32 Å². The number of fused-ring (bicyclic) bond motifs is 2. The molecule has 8 heteroatoms. The highest BCUT2D eigenvalue weighted by atomic mass is 16.2. The molecule has 1 amide bonds. The van der Waals surface area contributed by atoms with E-state index in [0.29, 0.717) is 24.9 Å². The summed E-state index contributed by atoms with van der Waals surface area (Å²) < 4.78 is 0. The molecule has 4 fully saturated rings. The third-order valence-electron chi connectivity index (χ3n) is 9.22. The van der Waals surface area contributed by atoms with E-state index in [4.69, 9.17) is 0 Å². The maximum atomic E-state index is 12.7. The zero-order valence-electron chi connectivity index (χ0n) is 19.1. The lowest BCUT2D eigenvalue weighted by atomic mass is 9.46. The number of carbonyl (C=O) groups excluding carboxylic acids is 1. The van der Waals surface area contributed by atoms with Gasteiger partial charge in [-0.15, -0.1) is 10.2 Å². The number of likely N-dealkylation sites (tertiary alicyclic amines) is 1. The van der Waals surface area contributed by atoms with Gasteiger partial charge in [0, 0.05) is 12.0 Å². The fraction of sp³-hybridized carbons (Fsp3) is 0.875. The van der Waals surface area contributed by atoms with Crippen LogP contribution in [0.2, 0.25) is 0 Å². The van der Waals surface area contributed by atoms with Crippen molar-refractivity contribution in [3.05, 3.63) is 5.82 Å². The Balaban J connectivity index is 1.33. The summed E-state index contributed by atoms with van der Waals surface area (Å²) >= 11 is 0. The van der Waals surface area contributed by atoms with Crippen molar-refractivity contribution >= 4 is 5.91 Å². The normalized spacial score (nSPS) is 36.8. The average Bonchev–Trinajstić information content (AvgIpc) is 3.53. The van der Waals surface area contributed by atoms with Crippen LogP contribution in [0.5, 0.6) is 0 Å². The Morgan fingerprint density at radius 2 is 1.81 bits per heavy atom. The van der Waals surface area contributed by atoms with E-state index in [2.05, 4.69) is 32.0 Å². The van der Waals surface area contributed by atoms with Gasteiger partial charge in [-0.2, -0.15) is 10.5 Å². The van der Waals surface area contributed by atoms with Gasteiger partial charge in [-0.3, -0.25) is 4.79 Å². The predicted molar refractivity (Wildman–Crippen MR) is 119 cm³/mol. The van der Waals surface area contributed by atoms with Gasteiger partial charge in [-0.1, -0.05) is 43.7 Å². The summed E-state index contributed by atoms with van der Waals surface area (Å²) in [7, 11) is 0. The highest BCUT2D eigenvalue weighted by Crippen LogP contribution is 2.60. The maximum absolute atomic E-state index is 12.7. The summed E-state index contributed by atoms with van der Waals surface area (Å²) in [6, 6.07) is 2.02. The SMILES string of the molecule is N#C[C@@H]1CCCN1C(=O)CNCCC1(c2nn[nH]n2)C2CCCCC2CC2CCCCC21. The first kappa shape index (κ1) is 21.8. The third kappa shape index (κ3) is 3.83. The quantitative estimate of drug-likeness (QED) is 0.659. The Labute approximate surface area is 190 Å². The predicted octanol–water partition coefficient (Wildman–Crippen LogP) is 2.95. The molecule has 0 spiro atoms. The number of hydrogen-bond acceptors (Lipinski definition) is 6. The summed E-state index contributed by atoms with van der Waals surface area (Å²) in [5.74, 6) is 3.74. The van der Waals surface area contributed by atoms with E-state index in [1.807, 2.05) is 0 Å². The number of H-pyrrole nitrogens is 1. The van der Waals surface area contributed by atoms with Crippen LogP contribution in [0, 0.1) is 35.0 Å². The molecule has 0 bridgehead atoms. The highest BCUT2D eigenvalue weighted by Gasteiger charge is 2.58. The van der Waals surface area contributed by atoms with Crippen molar-refractivity contribution in [2.24, 2.45) is 23.7 Å². The molecular weight excluding hydrogens is 402 g/mol. The zero-order chi connectivity index (χ0) is 22.0. The highest BCUT2D eigenvalue weighted by molar-refractivity contribution is 5.79. The number of rotatable bonds is 6. The Kier molecular flexibility index (Phi) is 6.45. The monoisotopic (exact) mass is 439 g/mol. The van der Waals surface area contributed by atoms with Crippen molar-refractivity contribution < 1.29 is 4.79 Å². The summed E-state index contributed by atoms with van der Waals surface area (Å²) in [5.41, 5.74) is -0.0414. The zero-order valence-corrected chi connectivity index (χ0v) is 19.1. The smallest absolute Gasteiger partial charge is 0.237 e. The van der Waals surface area contributed by atoms with Crippen LogP contribution in [-0.2, 0) is 10.2 Å². The van der Waals surface area contributed by atoms with Crippen LogP contribution in [0.1, 0.15) is 82.9 Å². The van der Waals surface area contributed by atoms with Gasteiger partial charge in [0.2, 0.25) is 5.91 Å². The molecule has 32 heavy (non-hydrogen) atoms. The number of tetrazole rings is 1. The number of hydrogen-bond donors (Lipinski definition) is 2. The van der Waals surface area contributed by atoms with Gasteiger partial charge in [0.15, 0.2) is 5.82 Å². The van der Waals surface area contributed by atoms with Crippen molar-refractivity contribution in [1.82, 2.24) is 30.8 Å². The van der Waals surface area contributed by atoms with Gasteiger partial charge in [-0.25, -0.2) is 0 Å². The van der Waals surface area contributed by atoms with Crippen LogP contribution in [-0.4, -0.2) is 57.1 Å². The second-order valence-corrected chi connectivity index (χ2v) is 10.6. The minimum absolute atomic E-state index is 0.0414. The van der Waals surface area contributed by atoms with Gasteiger partial charge in [0.05, 0.1) is 12.6 Å². The lowest BCUT2D eigenvalue weighted by Gasteiger charge is -2.58. The first-order valence-electron chi connectivity index (χ1n) is 12.9. The number of nitrogens with zero attached hydrogens (tertiary/aromatic N) is 5. The van der Waals surface area contributed by atoms with E-state index in [-0.39, 0.29) is 17.4 Å². The van der Waals surface area contributed by atoms with E-state index in [9.17, 15) is 10.1 Å². The molecule has 0 aromatic carbocycles. The average molecular weight is 440 g/mol. The maximum Gasteiger partial charge on any atom is 0.237 e. The van der Waals surface area contributed by atoms with Crippen LogP contribution >= 0.6 is 0 Å². The topological polar surface area (TPSA) is 111 Å². The number of nitriles is 1. The molecule has 174 valence electrons. The molecule has 1 saturated heterocycles. The summed E-state index contributed by atoms with van der Waals surface area (Å²) in [6.45, 7) is 1.79. The minimum Gasteiger partial charge on any atom is -0.326 e. The second kappa shape index (κ2) is 9.46. The Morgan fingerprint density at radius 3 is 2.47 bits per heavy atom. The molecule has 3 aliphatic carbocycles. The molecule has 5 atom stereocenters. The first-order chi connectivity index (χ1) is 15.7. The standard InChI is InChI=1S/C24H37N7O/c25-15-19-8-5-13-31(19)22(32)16-26-12-11-24(23-27-29-30-28-23)20-9-3-1-6-17(20)14-18-7-2-4-10-21(18)24/h17-21,26H,1-14,16H2,(H,27,28,29,30)/t17?,18?,19-,20?,21?,24?/m0/s1. The number of aromatic amines is 1. The van der Waals surface area contributed by atoms with Crippen molar-refractivity contribution in [3.8, 4) is 6.07 Å². The molecule has 8 nitrogen and oxygen atoms in total. The molecule has 1 aromatic rings. The van der Waals surface area contributed by atoms with E-state index in [0.717, 1.165) is 43.5 Å². The molecular formula is C24H37N7O. The fourth-order valence-corrected chi connectivity index (χ4v) is 7.96. The summed E-state index contributed by atoms with van der Waals surface area (Å²) in [5, 5.41) is 28.7. The van der Waals surface area contributed by atoms with Gasteiger partial charge >= 0.3 is 0 Å². The Morgan fingerprint density at radius 1 is 1.09 bits per heavy atom. The van der Waals surface area contributed by atoms with E-state index >= 15 is 0 Å². The van der Waals surface area contributed by atoms with Crippen molar-refractivity contribution in [2.75, 3.05) is 19.6 Å². The Hall–Kier alpha value is -2.01. The van der Waals surface area contributed by atoms with Gasteiger partial charge in [-0.05, 0) is 68.7 Å². The minimum atomic E-state index is -0.251. The number of aromatic nitrogens is 4. The van der Waals surface area contributed by atoms with Gasteiger partial charge < -0.3 is 10.2 Å². The molecule has 4 unspecified atom stereocenters. The van der Waals surface area contributed by atoms with E-state index in [1.165, 1.54) is 57.8 Å². The van der Waals surface area contributed by atoms with E-state index in [1.54, 1.807) is 4.90 Å². The van der Waals surface area contributed by atoms with Crippen LogP contribution in [0.4, 0.5) is 0 Å². The molecule has 5 rings (SSSR count). The molecule has 4 aliphatic rings. The fourth-order valence-electron chi connectivity index (χ4n) is 7.96. The van der Waals surface area contributed by atoms with Crippen molar-refractivity contribution in [3.63, 3.8) is 0 Å². The van der Waals surface area contributed by atoms with Gasteiger partial charge in [0.25, 0.3) is 0 Å². The molecule has 0 radical (unpaired) electrons. The van der Waals surface area contributed by atoms with Crippen molar-refractivity contribution in [2.45, 2.75) is 88.5 Å². The van der Waals surface area contributed by atoms with E-state index < -0.39 is 0 Å². The molecule has 1 aliphatic heterocycles. The molecule has 3 saturated carbocycles.